The first-order valence-corrected chi connectivity index (χ1v) is 10.8. The van der Waals surface area contributed by atoms with Crippen LogP contribution < -0.4 is 5.32 Å². The summed E-state index contributed by atoms with van der Waals surface area (Å²) in [5.74, 6) is 1.68. The molecule has 7 heteroatoms. The third-order valence-electron chi connectivity index (χ3n) is 4.96. The van der Waals surface area contributed by atoms with Crippen molar-refractivity contribution in [1.82, 2.24) is 15.2 Å². The Morgan fingerprint density at radius 3 is 2.63 bits per heavy atom. The number of nitrogens with zero attached hydrogens (tertiary/aromatic N) is 2. The van der Waals surface area contributed by atoms with Crippen LogP contribution in [0.4, 0.5) is 0 Å². The highest BCUT2D eigenvalue weighted by atomic mass is 32.2. The lowest BCUT2D eigenvalue weighted by atomic mass is 10.0. The zero-order valence-electron chi connectivity index (χ0n) is 16.0. The molecule has 150 valence electrons. The van der Waals surface area contributed by atoms with Crippen molar-refractivity contribution in [2.45, 2.75) is 28.6 Å². The van der Waals surface area contributed by atoms with Gasteiger partial charge in [-0.25, -0.2) is 0 Å². The minimum absolute atomic E-state index is 0.116. The fourth-order valence-corrected chi connectivity index (χ4v) is 4.71. The molecule has 0 saturated carbocycles. The van der Waals surface area contributed by atoms with Crippen molar-refractivity contribution in [3.63, 3.8) is 0 Å². The van der Waals surface area contributed by atoms with Gasteiger partial charge >= 0.3 is 0 Å². The van der Waals surface area contributed by atoms with E-state index in [1.807, 2.05) is 60.7 Å². The molecule has 1 N–H and O–H groups in total. The molecule has 30 heavy (non-hydrogen) atoms. The number of nitrogens with one attached hydrogen (secondary N) is 1. The zero-order valence-corrected chi connectivity index (χ0v) is 17.6. The summed E-state index contributed by atoms with van der Waals surface area (Å²) in [5, 5.41) is 4.92. The van der Waals surface area contributed by atoms with E-state index in [0.29, 0.717) is 11.7 Å². The molecule has 4 heterocycles. The standard InChI is InChI=1S/C23H19N3O2S2/c29-23-25-21(18-10-4-5-13-24-18)22(26(23)15-16-7-6-14-27-16)19-11-12-20(28-19)30-17-8-2-1-3-9-17/h1-14,21-22H,15H2,(H,25,29)/t21-,22+/m1/s1. The van der Waals surface area contributed by atoms with E-state index in [4.69, 9.17) is 21.1 Å². The minimum atomic E-state index is -0.136. The van der Waals surface area contributed by atoms with Gasteiger partial charge in [-0.3, -0.25) is 4.98 Å². The summed E-state index contributed by atoms with van der Waals surface area (Å²) in [4.78, 5) is 7.79. The Morgan fingerprint density at radius 2 is 1.87 bits per heavy atom. The molecule has 1 saturated heterocycles. The molecular weight excluding hydrogens is 414 g/mol. The summed E-state index contributed by atoms with van der Waals surface area (Å²) in [6, 6.07) is 23.7. The van der Waals surface area contributed by atoms with E-state index in [-0.39, 0.29) is 12.1 Å². The Bertz CT molecular complexity index is 1110. The van der Waals surface area contributed by atoms with Crippen molar-refractivity contribution in [2.75, 3.05) is 0 Å². The van der Waals surface area contributed by atoms with Crippen LogP contribution in [0, 0.1) is 0 Å². The van der Waals surface area contributed by atoms with Crippen LogP contribution in [0.3, 0.4) is 0 Å². The van der Waals surface area contributed by atoms with Gasteiger partial charge in [0.15, 0.2) is 10.2 Å². The van der Waals surface area contributed by atoms with Crippen molar-refractivity contribution in [2.24, 2.45) is 0 Å². The highest BCUT2D eigenvalue weighted by Gasteiger charge is 2.42. The maximum atomic E-state index is 6.28. The minimum Gasteiger partial charge on any atom is -0.467 e. The molecule has 1 aliphatic rings. The first-order chi connectivity index (χ1) is 14.8. The molecule has 0 aliphatic carbocycles. The number of benzene rings is 1. The van der Waals surface area contributed by atoms with Gasteiger partial charge in [-0.1, -0.05) is 36.0 Å². The Kier molecular flexibility index (Phi) is 5.29. The molecular formula is C23H19N3O2S2. The second kappa shape index (κ2) is 8.38. The molecule has 0 amide bonds. The second-order valence-corrected chi connectivity index (χ2v) is 8.37. The third-order valence-corrected chi connectivity index (χ3v) is 6.24. The van der Waals surface area contributed by atoms with Gasteiger partial charge in [-0.15, -0.1) is 0 Å². The van der Waals surface area contributed by atoms with Gasteiger partial charge in [0.2, 0.25) is 0 Å². The van der Waals surface area contributed by atoms with Gasteiger partial charge in [-0.2, -0.15) is 0 Å². The summed E-state index contributed by atoms with van der Waals surface area (Å²) in [6.07, 6.45) is 3.47. The molecule has 1 aromatic carbocycles. The molecule has 0 bridgehead atoms. The van der Waals surface area contributed by atoms with E-state index in [1.165, 1.54) is 0 Å². The highest BCUT2D eigenvalue weighted by molar-refractivity contribution is 7.99. The number of furan rings is 2. The summed E-state index contributed by atoms with van der Waals surface area (Å²) < 4.78 is 11.9. The second-order valence-electron chi connectivity index (χ2n) is 6.91. The Morgan fingerprint density at radius 1 is 1.00 bits per heavy atom. The van der Waals surface area contributed by atoms with Crippen molar-refractivity contribution < 1.29 is 8.83 Å². The molecule has 5 rings (SSSR count). The molecule has 2 atom stereocenters. The predicted molar refractivity (Wildman–Crippen MR) is 119 cm³/mol. The van der Waals surface area contributed by atoms with Crippen LogP contribution in [0.5, 0.6) is 0 Å². The normalized spacial score (nSPS) is 18.5. The van der Waals surface area contributed by atoms with Crippen molar-refractivity contribution in [3.05, 3.63) is 102 Å². The topological polar surface area (TPSA) is 54.4 Å². The number of hydrogen-bond acceptors (Lipinski definition) is 5. The maximum Gasteiger partial charge on any atom is 0.170 e. The van der Waals surface area contributed by atoms with E-state index in [1.54, 1.807) is 24.2 Å². The van der Waals surface area contributed by atoms with Gasteiger partial charge in [0.1, 0.15) is 17.6 Å². The average Bonchev–Trinajstić information content (AvgIpc) is 3.52. The maximum absolute atomic E-state index is 6.28. The summed E-state index contributed by atoms with van der Waals surface area (Å²) in [5.41, 5.74) is 0.917. The van der Waals surface area contributed by atoms with Gasteiger partial charge in [0.25, 0.3) is 0 Å². The number of rotatable bonds is 6. The number of thiocarbonyl (C=S) groups is 1. The van der Waals surface area contributed by atoms with Crippen LogP contribution in [-0.2, 0) is 6.54 Å². The summed E-state index contributed by atoms with van der Waals surface area (Å²) in [7, 11) is 0. The monoisotopic (exact) mass is 433 g/mol. The van der Waals surface area contributed by atoms with Gasteiger partial charge in [0, 0.05) is 11.1 Å². The van der Waals surface area contributed by atoms with Crippen molar-refractivity contribution >= 4 is 29.1 Å². The average molecular weight is 434 g/mol. The quantitative estimate of drug-likeness (QED) is 0.398. The van der Waals surface area contributed by atoms with E-state index in [0.717, 1.165) is 27.2 Å². The van der Waals surface area contributed by atoms with Crippen LogP contribution in [0.15, 0.2) is 104 Å². The molecule has 4 aromatic rings. The lowest BCUT2D eigenvalue weighted by Gasteiger charge is -2.25. The summed E-state index contributed by atoms with van der Waals surface area (Å²) >= 11 is 7.28. The molecule has 3 aromatic heterocycles. The number of aromatic nitrogens is 1. The van der Waals surface area contributed by atoms with Crippen LogP contribution in [0.1, 0.15) is 29.3 Å². The van der Waals surface area contributed by atoms with E-state index in [9.17, 15) is 0 Å². The van der Waals surface area contributed by atoms with Crippen LogP contribution >= 0.6 is 24.0 Å². The van der Waals surface area contributed by atoms with E-state index >= 15 is 0 Å². The SMILES string of the molecule is S=C1N[C@H](c2ccccn2)[C@H](c2ccc(Sc3ccccc3)o2)N1Cc1ccco1. The molecule has 0 spiro atoms. The zero-order chi connectivity index (χ0) is 20.3. The van der Waals surface area contributed by atoms with Crippen LogP contribution in [0.25, 0.3) is 0 Å². The molecule has 1 fully saturated rings. The number of pyridine rings is 1. The van der Waals surface area contributed by atoms with Gasteiger partial charge in [-0.05, 0) is 60.7 Å². The first kappa shape index (κ1) is 19.0. The fraction of sp³-hybridized carbons (Fsp3) is 0.130. The van der Waals surface area contributed by atoms with Crippen molar-refractivity contribution in [3.8, 4) is 0 Å². The largest absolute Gasteiger partial charge is 0.467 e. The summed E-state index contributed by atoms with van der Waals surface area (Å²) in [6.45, 7) is 0.550. The fourth-order valence-electron chi connectivity index (χ4n) is 3.61. The van der Waals surface area contributed by atoms with E-state index in [2.05, 4.69) is 27.3 Å². The van der Waals surface area contributed by atoms with Crippen LogP contribution in [-0.4, -0.2) is 15.0 Å². The highest BCUT2D eigenvalue weighted by Crippen LogP contribution is 2.41. The van der Waals surface area contributed by atoms with Gasteiger partial charge < -0.3 is 19.1 Å². The lowest BCUT2D eigenvalue weighted by molar-refractivity contribution is 0.241. The molecule has 5 nitrogen and oxygen atoms in total. The van der Waals surface area contributed by atoms with Crippen molar-refractivity contribution in [1.29, 1.82) is 0 Å². The molecule has 1 aliphatic heterocycles. The molecule has 0 radical (unpaired) electrons. The lowest BCUT2D eigenvalue weighted by Crippen LogP contribution is -2.28. The number of hydrogen-bond donors (Lipinski definition) is 1. The Balaban J connectivity index is 1.48. The Hall–Kier alpha value is -3.03. The van der Waals surface area contributed by atoms with Crippen LogP contribution in [0.2, 0.25) is 0 Å². The molecule has 0 unspecified atom stereocenters. The predicted octanol–water partition coefficient (Wildman–Crippen LogP) is 5.59. The third kappa shape index (κ3) is 3.86. The Labute approximate surface area is 184 Å². The smallest absolute Gasteiger partial charge is 0.170 e. The first-order valence-electron chi connectivity index (χ1n) is 9.61. The van der Waals surface area contributed by atoms with Gasteiger partial charge in [0.05, 0.1) is 24.5 Å². The van der Waals surface area contributed by atoms with E-state index < -0.39 is 0 Å².